The van der Waals surface area contributed by atoms with Crippen LogP contribution in [0.1, 0.15) is 42.3 Å². The molecule has 1 aromatic carbocycles. The normalized spacial score (nSPS) is 22.7. The number of alkyl halides is 5. The van der Waals surface area contributed by atoms with Gasteiger partial charge in [-0.2, -0.15) is 27.1 Å². The third kappa shape index (κ3) is 4.03. The summed E-state index contributed by atoms with van der Waals surface area (Å²) in [6.45, 7) is 1.34. The predicted molar refractivity (Wildman–Crippen MR) is 100 cm³/mol. The van der Waals surface area contributed by atoms with Crippen LogP contribution in [0.5, 0.6) is 0 Å². The second-order valence-corrected chi connectivity index (χ2v) is 8.16. The Balaban J connectivity index is 1.61. The molecule has 6 nitrogen and oxygen atoms in total. The number of amides is 2. The Morgan fingerprint density at radius 3 is 2.72 bits per heavy atom. The highest BCUT2D eigenvalue weighted by Gasteiger charge is 2.44. The van der Waals surface area contributed by atoms with Gasteiger partial charge in [-0.15, -0.1) is 0 Å². The summed E-state index contributed by atoms with van der Waals surface area (Å²) in [5, 5.41) is 16.4. The number of urea groups is 1. The molecule has 1 aromatic heterocycles. The van der Waals surface area contributed by atoms with E-state index in [-0.39, 0.29) is 42.9 Å². The second-order valence-electron chi connectivity index (χ2n) is 8.16. The maximum Gasteiger partial charge on any atom is 0.419 e. The smallest absolute Gasteiger partial charge is 0.391 e. The van der Waals surface area contributed by atoms with E-state index in [1.807, 2.05) is 0 Å². The summed E-state index contributed by atoms with van der Waals surface area (Å²) in [7, 11) is 0. The summed E-state index contributed by atoms with van der Waals surface area (Å²) in [5.41, 5.74) is -1.58. The summed E-state index contributed by atoms with van der Waals surface area (Å²) >= 11 is 0. The van der Waals surface area contributed by atoms with Crippen molar-refractivity contribution in [1.82, 2.24) is 14.7 Å². The van der Waals surface area contributed by atoms with Gasteiger partial charge in [0.2, 0.25) is 0 Å². The Morgan fingerprint density at radius 2 is 2.03 bits per heavy atom. The number of aliphatic hydroxyl groups excluding tert-OH is 1. The van der Waals surface area contributed by atoms with Gasteiger partial charge in [0.25, 0.3) is 5.92 Å². The molecule has 4 rings (SSSR count). The topological polar surface area (TPSA) is 70.4 Å². The largest absolute Gasteiger partial charge is 0.419 e. The number of anilines is 1. The zero-order chi connectivity index (χ0) is 23.4. The van der Waals surface area contributed by atoms with Crippen molar-refractivity contribution < 1.29 is 36.2 Å². The minimum Gasteiger partial charge on any atom is -0.391 e. The van der Waals surface area contributed by atoms with Crippen molar-refractivity contribution >= 4 is 11.7 Å². The van der Waals surface area contributed by atoms with Crippen LogP contribution in [0.25, 0.3) is 0 Å². The summed E-state index contributed by atoms with van der Waals surface area (Å²) < 4.78 is 83.0. The van der Waals surface area contributed by atoms with Gasteiger partial charge >= 0.3 is 12.2 Å². The van der Waals surface area contributed by atoms with Gasteiger partial charge in [-0.05, 0) is 31.5 Å². The molecule has 2 aliphatic heterocycles. The zero-order valence-electron chi connectivity index (χ0n) is 16.9. The Hall–Kier alpha value is -2.76. The molecule has 0 unspecified atom stereocenters. The first-order chi connectivity index (χ1) is 14.9. The monoisotopic (exact) mass is 462 g/mol. The average molecular weight is 462 g/mol. The number of aliphatic hydroxyl groups is 1. The lowest BCUT2D eigenvalue weighted by molar-refractivity contribution is -0.139. The fraction of sp³-hybridized carbons (Fsp3) is 0.500. The molecule has 0 spiro atoms. The molecule has 2 aliphatic rings. The highest BCUT2D eigenvalue weighted by atomic mass is 19.4. The summed E-state index contributed by atoms with van der Waals surface area (Å²) in [4.78, 5) is 14.0. The molecule has 12 heteroatoms. The van der Waals surface area contributed by atoms with Gasteiger partial charge in [-0.25, -0.2) is 9.18 Å². The average Bonchev–Trinajstić information content (AvgIpc) is 2.98. The van der Waals surface area contributed by atoms with Crippen LogP contribution >= 0.6 is 0 Å². The number of nitrogens with one attached hydrogen (secondary N) is 1. The van der Waals surface area contributed by atoms with Crippen molar-refractivity contribution in [3.05, 3.63) is 46.5 Å². The molecule has 0 aliphatic carbocycles. The Morgan fingerprint density at radius 1 is 1.31 bits per heavy atom. The summed E-state index contributed by atoms with van der Waals surface area (Å²) in [5.74, 6) is -4.72. The zero-order valence-corrected chi connectivity index (χ0v) is 16.9. The Labute approximate surface area is 178 Å². The number of fused-ring (bicyclic) bond motifs is 3. The third-order valence-electron chi connectivity index (χ3n) is 5.79. The molecule has 3 heterocycles. The number of carbonyl (C=O) groups is 1. The van der Waals surface area contributed by atoms with Crippen LogP contribution < -0.4 is 5.32 Å². The maximum absolute atomic E-state index is 14.8. The molecular formula is C20H20F6N4O2. The molecule has 174 valence electrons. The molecule has 0 radical (unpaired) electrons. The molecule has 0 bridgehead atoms. The molecule has 2 N–H and O–H groups in total. The van der Waals surface area contributed by atoms with Crippen molar-refractivity contribution in [2.45, 2.75) is 63.5 Å². The van der Waals surface area contributed by atoms with Crippen molar-refractivity contribution in [1.29, 1.82) is 0 Å². The van der Waals surface area contributed by atoms with E-state index >= 15 is 0 Å². The van der Waals surface area contributed by atoms with E-state index < -0.39 is 48.1 Å². The van der Waals surface area contributed by atoms with Crippen LogP contribution in [-0.4, -0.2) is 38.0 Å². The first-order valence-electron chi connectivity index (χ1n) is 9.96. The second kappa shape index (κ2) is 7.68. The minimum absolute atomic E-state index is 0.0890. The van der Waals surface area contributed by atoms with Crippen molar-refractivity contribution in [2.75, 3.05) is 5.32 Å². The molecule has 2 aromatic rings. The van der Waals surface area contributed by atoms with Gasteiger partial charge in [0.05, 0.1) is 30.5 Å². The summed E-state index contributed by atoms with van der Waals surface area (Å²) in [6, 6.07) is 0.779. The highest BCUT2D eigenvalue weighted by molar-refractivity contribution is 5.89. The minimum atomic E-state index is -4.94. The van der Waals surface area contributed by atoms with E-state index in [1.54, 1.807) is 6.92 Å². The van der Waals surface area contributed by atoms with Gasteiger partial charge in [-0.3, -0.25) is 4.68 Å². The van der Waals surface area contributed by atoms with E-state index in [0.29, 0.717) is 17.8 Å². The Bertz CT molecular complexity index is 1050. The maximum atomic E-state index is 14.8. The quantitative estimate of drug-likeness (QED) is 0.622. The highest BCUT2D eigenvalue weighted by Crippen LogP contribution is 2.41. The summed E-state index contributed by atoms with van der Waals surface area (Å²) in [6.07, 6.45) is -6.42. The lowest BCUT2D eigenvalue weighted by Crippen LogP contribution is -2.45. The predicted octanol–water partition coefficient (Wildman–Crippen LogP) is 4.27. The number of carbonyl (C=O) groups excluding carboxylic acids is 1. The van der Waals surface area contributed by atoms with Gasteiger partial charge in [-0.1, -0.05) is 0 Å². The number of benzene rings is 1. The van der Waals surface area contributed by atoms with Crippen molar-refractivity contribution in [2.24, 2.45) is 0 Å². The van der Waals surface area contributed by atoms with Crippen LogP contribution in [0.2, 0.25) is 0 Å². The molecule has 2 amide bonds. The van der Waals surface area contributed by atoms with E-state index in [2.05, 4.69) is 10.4 Å². The molecule has 0 fully saturated rings. The fourth-order valence-corrected chi connectivity index (χ4v) is 4.18. The fourth-order valence-electron chi connectivity index (χ4n) is 4.18. The van der Waals surface area contributed by atoms with E-state index in [1.165, 1.54) is 4.90 Å². The van der Waals surface area contributed by atoms with Crippen molar-refractivity contribution in [3.8, 4) is 0 Å². The number of aromatic nitrogens is 2. The standard InChI is InChI=1S/C20H20F6N4O2/c1-10-6-16-13(17-19(22,23)5-4-12(31)8-30(17)28-16)9-29(10)18(32)27-11-2-3-15(21)14(7-11)20(24,25)26/h2-3,7,10,12,31H,4-6,8-9H2,1H3,(H,27,32)/t10-,12-/m1/s1. The molecule has 0 saturated heterocycles. The molecule has 0 saturated carbocycles. The number of hydrogen-bond donors (Lipinski definition) is 2. The number of hydrogen-bond acceptors (Lipinski definition) is 3. The Kier molecular flexibility index (Phi) is 5.38. The van der Waals surface area contributed by atoms with E-state index in [0.717, 1.165) is 10.7 Å². The first kappa shape index (κ1) is 22.4. The van der Waals surface area contributed by atoms with Crippen LogP contribution in [0, 0.1) is 5.82 Å². The number of rotatable bonds is 1. The van der Waals surface area contributed by atoms with E-state index in [4.69, 9.17) is 0 Å². The van der Waals surface area contributed by atoms with Gasteiger partial charge < -0.3 is 15.3 Å². The third-order valence-corrected chi connectivity index (χ3v) is 5.79. The SMILES string of the molecule is C[C@@H]1Cc2nn3c(c2CN1C(=O)Nc1ccc(F)c(C(F)(F)F)c1)C(F)(F)CC[C@@H](O)C3. The lowest BCUT2D eigenvalue weighted by atomic mass is 9.96. The van der Waals surface area contributed by atoms with Crippen LogP contribution in [0.15, 0.2) is 18.2 Å². The van der Waals surface area contributed by atoms with Gasteiger partial charge in [0, 0.05) is 30.1 Å². The van der Waals surface area contributed by atoms with Gasteiger partial charge in [0.1, 0.15) is 11.5 Å². The lowest BCUT2D eigenvalue weighted by Gasteiger charge is -2.33. The van der Waals surface area contributed by atoms with Crippen molar-refractivity contribution in [3.63, 3.8) is 0 Å². The van der Waals surface area contributed by atoms with Gasteiger partial charge in [0.15, 0.2) is 0 Å². The van der Waals surface area contributed by atoms with Crippen LogP contribution in [0.3, 0.4) is 0 Å². The van der Waals surface area contributed by atoms with E-state index in [9.17, 15) is 36.2 Å². The number of nitrogens with zero attached hydrogens (tertiary/aromatic N) is 3. The molecule has 32 heavy (non-hydrogen) atoms. The van der Waals surface area contributed by atoms with Crippen LogP contribution in [-0.2, 0) is 31.6 Å². The molecule has 2 atom stereocenters. The van der Waals surface area contributed by atoms with Crippen LogP contribution in [0.4, 0.5) is 36.8 Å². The number of halogens is 6. The first-order valence-corrected chi connectivity index (χ1v) is 9.96. The molecular weight excluding hydrogens is 442 g/mol.